The quantitative estimate of drug-likeness (QED) is 0.347. The molecule has 1 atom stereocenters. The Morgan fingerprint density at radius 2 is 1.59 bits per heavy atom. The van der Waals surface area contributed by atoms with Crippen LogP contribution < -0.4 is 5.32 Å². The molecule has 27 heavy (non-hydrogen) atoms. The van der Waals surface area contributed by atoms with E-state index in [9.17, 15) is 14.0 Å². The van der Waals surface area contributed by atoms with Gasteiger partial charge in [-0.3, -0.25) is 4.79 Å². The highest BCUT2D eigenvalue weighted by molar-refractivity contribution is 5.96. The van der Waals surface area contributed by atoms with Crippen LogP contribution in [-0.4, -0.2) is 24.5 Å². The Labute approximate surface area is 162 Å². The van der Waals surface area contributed by atoms with Crippen molar-refractivity contribution in [2.24, 2.45) is 0 Å². The van der Waals surface area contributed by atoms with E-state index in [2.05, 4.69) is 12.2 Å². The summed E-state index contributed by atoms with van der Waals surface area (Å²) < 4.78 is 18.3. The van der Waals surface area contributed by atoms with Crippen LogP contribution in [0, 0.1) is 5.82 Å². The number of ether oxygens (including phenoxy) is 1. The van der Waals surface area contributed by atoms with E-state index in [-0.39, 0.29) is 5.56 Å². The maximum absolute atomic E-state index is 13.1. The highest BCUT2D eigenvalue weighted by Gasteiger charge is 2.18. The van der Waals surface area contributed by atoms with Gasteiger partial charge in [0.25, 0.3) is 5.91 Å². The molecule has 0 heterocycles. The van der Waals surface area contributed by atoms with Gasteiger partial charge in [-0.15, -0.1) is 0 Å². The number of hydrogen-bond acceptors (Lipinski definition) is 3. The van der Waals surface area contributed by atoms with Gasteiger partial charge in [0.15, 0.2) is 0 Å². The molecule has 1 aromatic rings. The Bertz CT molecular complexity index is 562. The third-order valence-electron chi connectivity index (χ3n) is 4.53. The van der Waals surface area contributed by atoms with Gasteiger partial charge in [-0.25, -0.2) is 9.18 Å². The van der Waals surface area contributed by atoms with E-state index in [0.29, 0.717) is 6.61 Å². The van der Waals surface area contributed by atoms with E-state index >= 15 is 0 Å². The van der Waals surface area contributed by atoms with Crippen molar-refractivity contribution >= 4 is 11.9 Å². The molecule has 0 aliphatic heterocycles. The van der Waals surface area contributed by atoms with Crippen molar-refractivity contribution in [1.29, 1.82) is 0 Å². The first-order valence-electron chi connectivity index (χ1n) is 10.3. The van der Waals surface area contributed by atoms with E-state index in [0.717, 1.165) is 25.3 Å². The summed E-state index contributed by atoms with van der Waals surface area (Å²) in [5, 5.41) is 2.53. The Balaban J connectivity index is 2.06. The second kappa shape index (κ2) is 14.2. The standard InChI is InChI=1S/C22H34FNO3/c1-3-4-5-6-7-8-9-10-11-12-16-27-22(26)18(2)24-21(25)19-14-13-15-20(23)17-19/h13-15,17-18H,3-12,16H2,1-2H3,(H,24,25)/t18-/m0/s1. The first-order valence-corrected chi connectivity index (χ1v) is 10.3. The molecule has 1 amide bonds. The second-order valence-electron chi connectivity index (χ2n) is 7.05. The Morgan fingerprint density at radius 1 is 1.00 bits per heavy atom. The molecule has 0 bridgehead atoms. The van der Waals surface area contributed by atoms with Gasteiger partial charge in [0, 0.05) is 5.56 Å². The minimum Gasteiger partial charge on any atom is -0.464 e. The lowest BCUT2D eigenvalue weighted by atomic mass is 10.1. The van der Waals surface area contributed by atoms with Gasteiger partial charge in [0.1, 0.15) is 11.9 Å². The first-order chi connectivity index (χ1) is 13.0. The summed E-state index contributed by atoms with van der Waals surface area (Å²) in [4.78, 5) is 23.9. The van der Waals surface area contributed by atoms with Crippen LogP contribution in [0.2, 0.25) is 0 Å². The van der Waals surface area contributed by atoms with Crippen molar-refractivity contribution < 1.29 is 18.7 Å². The monoisotopic (exact) mass is 379 g/mol. The molecule has 4 nitrogen and oxygen atoms in total. The predicted octanol–water partition coefficient (Wildman–Crippen LogP) is 5.41. The molecule has 0 aliphatic rings. The second-order valence-corrected chi connectivity index (χ2v) is 7.05. The third-order valence-corrected chi connectivity index (χ3v) is 4.53. The van der Waals surface area contributed by atoms with Crippen molar-refractivity contribution in [1.82, 2.24) is 5.32 Å². The summed E-state index contributed by atoms with van der Waals surface area (Å²) in [6.45, 7) is 4.17. The molecule has 0 saturated carbocycles. The van der Waals surface area contributed by atoms with Gasteiger partial charge in [-0.2, -0.15) is 0 Å². The smallest absolute Gasteiger partial charge is 0.328 e. The fourth-order valence-electron chi connectivity index (χ4n) is 2.86. The van der Waals surface area contributed by atoms with Crippen molar-refractivity contribution in [3.05, 3.63) is 35.6 Å². The number of unbranched alkanes of at least 4 members (excludes halogenated alkanes) is 9. The summed E-state index contributed by atoms with van der Waals surface area (Å²) in [7, 11) is 0. The Morgan fingerprint density at radius 3 is 2.19 bits per heavy atom. The average molecular weight is 380 g/mol. The van der Waals surface area contributed by atoms with E-state index < -0.39 is 23.7 Å². The van der Waals surface area contributed by atoms with E-state index in [4.69, 9.17) is 4.74 Å². The van der Waals surface area contributed by atoms with Gasteiger partial charge >= 0.3 is 5.97 Å². The molecule has 0 radical (unpaired) electrons. The van der Waals surface area contributed by atoms with Crippen molar-refractivity contribution in [3.8, 4) is 0 Å². The molecule has 0 aromatic heterocycles. The normalized spacial score (nSPS) is 11.8. The molecule has 152 valence electrons. The summed E-state index contributed by atoms with van der Waals surface area (Å²) in [5.41, 5.74) is 0.185. The third kappa shape index (κ3) is 10.7. The summed E-state index contributed by atoms with van der Waals surface area (Å²) in [6, 6.07) is 4.60. The zero-order valence-corrected chi connectivity index (χ0v) is 16.8. The highest BCUT2D eigenvalue weighted by Crippen LogP contribution is 2.10. The van der Waals surface area contributed by atoms with Gasteiger partial charge in [-0.1, -0.05) is 70.8 Å². The Kier molecular flexibility index (Phi) is 12.2. The highest BCUT2D eigenvalue weighted by atomic mass is 19.1. The molecule has 1 N–H and O–H groups in total. The topological polar surface area (TPSA) is 55.4 Å². The molecular weight excluding hydrogens is 345 g/mol. The maximum atomic E-state index is 13.1. The van der Waals surface area contributed by atoms with Gasteiger partial charge in [0.2, 0.25) is 0 Å². The van der Waals surface area contributed by atoms with Crippen LogP contribution in [0.25, 0.3) is 0 Å². The van der Waals surface area contributed by atoms with E-state index in [1.165, 1.54) is 63.1 Å². The van der Waals surface area contributed by atoms with Crippen LogP contribution in [0.3, 0.4) is 0 Å². The molecule has 0 spiro atoms. The molecule has 0 aliphatic carbocycles. The number of esters is 1. The number of nitrogens with one attached hydrogen (secondary N) is 1. The minimum atomic E-state index is -0.760. The van der Waals surface area contributed by atoms with Gasteiger partial charge < -0.3 is 10.1 Å². The predicted molar refractivity (Wildman–Crippen MR) is 106 cm³/mol. The van der Waals surface area contributed by atoms with Crippen molar-refractivity contribution in [2.45, 2.75) is 84.1 Å². The first kappa shape index (κ1) is 23.1. The fourth-order valence-corrected chi connectivity index (χ4v) is 2.86. The molecule has 0 unspecified atom stereocenters. The number of hydrogen-bond donors (Lipinski definition) is 1. The van der Waals surface area contributed by atoms with Crippen molar-refractivity contribution in [2.75, 3.05) is 6.61 Å². The van der Waals surface area contributed by atoms with Crippen LogP contribution >= 0.6 is 0 Å². The number of benzene rings is 1. The lowest BCUT2D eigenvalue weighted by Crippen LogP contribution is -2.39. The van der Waals surface area contributed by atoms with Crippen LogP contribution in [-0.2, 0) is 9.53 Å². The average Bonchev–Trinajstić information content (AvgIpc) is 2.65. The lowest BCUT2D eigenvalue weighted by molar-refractivity contribution is -0.145. The van der Waals surface area contributed by atoms with E-state index in [1.54, 1.807) is 6.92 Å². The largest absolute Gasteiger partial charge is 0.464 e. The van der Waals surface area contributed by atoms with Gasteiger partial charge in [0.05, 0.1) is 6.61 Å². The zero-order chi connectivity index (χ0) is 19.9. The number of rotatable bonds is 14. The molecule has 1 rings (SSSR count). The maximum Gasteiger partial charge on any atom is 0.328 e. The minimum absolute atomic E-state index is 0.185. The van der Waals surface area contributed by atoms with E-state index in [1.807, 2.05) is 0 Å². The molecule has 0 fully saturated rings. The number of carbonyl (C=O) groups is 2. The Hall–Kier alpha value is -1.91. The van der Waals surface area contributed by atoms with Gasteiger partial charge in [-0.05, 0) is 31.5 Å². The van der Waals surface area contributed by atoms with Crippen LogP contribution in [0.4, 0.5) is 4.39 Å². The van der Waals surface area contributed by atoms with Crippen LogP contribution in [0.1, 0.15) is 88.4 Å². The molecule has 1 aromatic carbocycles. The summed E-state index contributed by atoms with van der Waals surface area (Å²) in [5.74, 6) is -1.44. The lowest BCUT2D eigenvalue weighted by Gasteiger charge is -2.13. The van der Waals surface area contributed by atoms with Crippen molar-refractivity contribution in [3.63, 3.8) is 0 Å². The summed E-state index contributed by atoms with van der Waals surface area (Å²) in [6.07, 6.45) is 12.2. The van der Waals surface area contributed by atoms with Crippen LogP contribution in [0.15, 0.2) is 24.3 Å². The molecule has 0 saturated heterocycles. The molecular formula is C22H34FNO3. The SMILES string of the molecule is CCCCCCCCCCCCOC(=O)[C@H](C)NC(=O)c1cccc(F)c1. The summed E-state index contributed by atoms with van der Waals surface area (Å²) >= 11 is 0. The number of carbonyl (C=O) groups excluding carboxylic acids is 2. The van der Waals surface area contributed by atoms with Crippen LogP contribution in [0.5, 0.6) is 0 Å². The molecule has 5 heteroatoms. The zero-order valence-electron chi connectivity index (χ0n) is 16.8. The number of amides is 1. The number of halogens is 1. The fraction of sp³-hybridized carbons (Fsp3) is 0.636.